The molecule has 0 aromatic heterocycles. The summed E-state index contributed by atoms with van der Waals surface area (Å²) < 4.78 is 62.9. The SMILES string of the molecule is CC1CCCCN1S(=O)(=O)c1ccc(C(=O)NCC(=O)NCC(F)(F)F)cc1. The van der Waals surface area contributed by atoms with E-state index in [0.29, 0.717) is 6.54 Å². The molecule has 0 spiro atoms. The number of halogens is 3. The van der Waals surface area contributed by atoms with Gasteiger partial charge in [-0.2, -0.15) is 17.5 Å². The molecule has 1 aromatic rings. The fraction of sp³-hybridized carbons (Fsp3) is 0.529. The zero-order valence-electron chi connectivity index (χ0n) is 15.3. The number of carbonyl (C=O) groups is 2. The summed E-state index contributed by atoms with van der Waals surface area (Å²) in [6.07, 6.45) is -1.98. The molecular weight excluding hydrogens is 399 g/mol. The Balaban J connectivity index is 1.96. The third-order valence-electron chi connectivity index (χ3n) is 4.36. The minimum Gasteiger partial charge on any atom is -0.345 e. The van der Waals surface area contributed by atoms with Crippen molar-refractivity contribution in [3.05, 3.63) is 29.8 Å². The molecule has 1 aromatic carbocycles. The number of nitrogens with one attached hydrogen (secondary N) is 2. The molecule has 2 rings (SSSR count). The van der Waals surface area contributed by atoms with Crippen molar-refractivity contribution in [1.29, 1.82) is 0 Å². The summed E-state index contributed by atoms with van der Waals surface area (Å²) >= 11 is 0. The number of nitrogens with zero attached hydrogens (tertiary/aromatic N) is 1. The van der Waals surface area contributed by atoms with E-state index in [4.69, 9.17) is 0 Å². The highest BCUT2D eigenvalue weighted by Gasteiger charge is 2.31. The molecule has 156 valence electrons. The normalized spacial score (nSPS) is 18.5. The molecule has 1 fully saturated rings. The van der Waals surface area contributed by atoms with Gasteiger partial charge in [-0.25, -0.2) is 8.42 Å². The van der Waals surface area contributed by atoms with Crippen molar-refractivity contribution in [3.8, 4) is 0 Å². The van der Waals surface area contributed by atoms with Gasteiger partial charge < -0.3 is 10.6 Å². The van der Waals surface area contributed by atoms with Crippen molar-refractivity contribution in [2.75, 3.05) is 19.6 Å². The van der Waals surface area contributed by atoms with Crippen LogP contribution in [0.1, 0.15) is 36.5 Å². The van der Waals surface area contributed by atoms with Crippen LogP contribution in [0.25, 0.3) is 0 Å². The highest BCUT2D eigenvalue weighted by atomic mass is 32.2. The van der Waals surface area contributed by atoms with Gasteiger partial charge in [0.05, 0.1) is 11.4 Å². The Bertz CT molecular complexity index is 810. The number of rotatable bonds is 6. The van der Waals surface area contributed by atoms with Gasteiger partial charge in [-0.1, -0.05) is 6.42 Å². The molecule has 0 saturated carbocycles. The Labute approximate surface area is 161 Å². The van der Waals surface area contributed by atoms with E-state index in [-0.39, 0.29) is 16.5 Å². The zero-order valence-corrected chi connectivity index (χ0v) is 16.1. The average Bonchev–Trinajstić information content (AvgIpc) is 2.64. The minimum absolute atomic E-state index is 0.0562. The van der Waals surface area contributed by atoms with Crippen LogP contribution in [0.3, 0.4) is 0 Å². The van der Waals surface area contributed by atoms with Crippen LogP contribution in [0.2, 0.25) is 0 Å². The van der Waals surface area contributed by atoms with Crippen LogP contribution < -0.4 is 10.6 Å². The second-order valence-electron chi connectivity index (χ2n) is 6.56. The summed E-state index contributed by atoms with van der Waals surface area (Å²) in [6.45, 7) is 0.185. The second-order valence-corrected chi connectivity index (χ2v) is 8.45. The van der Waals surface area contributed by atoms with Crippen molar-refractivity contribution in [2.24, 2.45) is 0 Å². The van der Waals surface area contributed by atoms with Crippen molar-refractivity contribution in [3.63, 3.8) is 0 Å². The number of benzene rings is 1. The molecule has 11 heteroatoms. The second kappa shape index (κ2) is 8.91. The Kier molecular flexibility index (Phi) is 7.05. The predicted octanol–water partition coefficient (Wildman–Crippen LogP) is 1.66. The minimum atomic E-state index is -4.53. The molecule has 7 nitrogen and oxygen atoms in total. The highest BCUT2D eigenvalue weighted by Crippen LogP contribution is 2.25. The fourth-order valence-corrected chi connectivity index (χ4v) is 4.57. The van der Waals surface area contributed by atoms with E-state index < -0.39 is 41.1 Å². The van der Waals surface area contributed by atoms with E-state index in [1.165, 1.54) is 28.6 Å². The quantitative estimate of drug-likeness (QED) is 0.730. The van der Waals surface area contributed by atoms with Gasteiger partial charge in [0.1, 0.15) is 6.54 Å². The van der Waals surface area contributed by atoms with Crippen LogP contribution in [-0.4, -0.2) is 56.4 Å². The van der Waals surface area contributed by atoms with E-state index in [1.54, 1.807) is 5.32 Å². The van der Waals surface area contributed by atoms with Crippen LogP contribution in [0.15, 0.2) is 29.2 Å². The molecule has 1 aliphatic rings. The molecule has 1 unspecified atom stereocenters. The summed E-state index contributed by atoms with van der Waals surface area (Å²) in [5, 5.41) is 3.82. The van der Waals surface area contributed by atoms with Gasteiger partial charge in [-0.05, 0) is 44.0 Å². The van der Waals surface area contributed by atoms with E-state index in [1.807, 2.05) is 6.92 Å². The number of piperidine rings is 1. The maximum Gasteiger partial charge on any atom is 0.405 e. The average molecular weight is 421 g/mol. The number of hydrogen-bond donors (Lipinski definition) is 2. The highest BCUT2D eigenvalue weighted by molar-refractivity contribution is 7.89. The van der Waals surface area contributed by atoms with E-state index >= 15 is 0 Å². The summed E-state index contributed by atoms with van der Waals surface area (Å²) in [7, 11) is -3.67. The molecule has 0 bridgehead atoms. The summed E-state index contributed by atoms with van der Waals surface area (Å²) in [5.74, 6) is -1.68. The molecule has 1 aliphatic heterocycles. The van der Waals surface area contributed by atoms with Gasteiger partial charge in [0, 0.05) is 18.2 Å². The first-order valence-electron chi connectivity index (χ1n) is 8.74. The first kappa shape index (κ1) is 22.2. The number of alkyl halides is 3. The first-order valence-corrected chi connectivity index (χ1v) is 10.2. The molecule has 1 atom stereocenters. The van der Waals surface area contributed by atoms with Gasteiger partial charge in [0.2, 0.25) is 15.9 Å². The summed E-state index contributed by atoms with van der Waals surface area (Å²) in [6, 6.07) is 5.09. The van der Waals surface area contributed by atoms with Gasteiger partial charge in [0.25, 0.3) is 5.91 Å². The molecule has 0 aliphatic carbocycles. The van der Waals surface area contributed by atoms with E-state index in [0.717, 1.165) is 19.3 Å². The van der Waals surface area contributed by atoms with Crippen molar-refractivity contribution < 1.29 is 31.2 Å². The van der Waals surface area contributed by atoms with Gasteiger partial charge >= 0.3 is 6.18 Å². The lowest BCUT2D eigenvalue weighted by atomic mass is 10.1. The van der Waals surface area contributed by atoms with E-state index in [2.05, 4.69) is 5.32 Å². The number of sulfonamides is 1. The zero-order chi connectivity index (χ0) is 20.9. The molecule has 1 saturated heterocycles. The van der Waals surface area contributed by atoms with Crippen LogP contribution in [0, 0.1) is 0 Å². The van der Waals surface area contributed by atoms with Gasteiger partial charge in [-0.3, -0.25) is 9.59 Å². The maximum absolute atomic E-state index is 12.7. The number of amides is 2. The third kappa shape index (κ3) is 5.93. The lowest BCUT2D eigenvalue weighted by molar-refractivity contribution is -0.137. The van der Waals surface area contributed by atoms with Gasteiger partial charge in [-0.15, -0.1) is 0 Å². The fourth-order valence-electron chi connectivity index (χ4n) is 2.87. The Morgan fingerprint density at radius 2 is 1.79 bits per heavy atom. The Morgan fingerprint density at radius 1 is 1.14 bits per heavy atom. The van der Waals surface area contributed by atoms with Crippen molar-refractivity contribution in [1.82, 2.24) is 14.9 Å². The number of carbonyl (C=O) groups excluding carboxylic acids is 2. The summed E-state index contributed by atoms with van der Waals surface area (Å²) in [4.78, 5) is 23.4. The monoisotopic (exact) mass is 421 g/mol. The van der Waals surface area contributed by atoms with Crippen LogP contribution in [0.5, 0.6) is 0 Å². The Hall–Kier alpha value is -2.14. The summed E-state index contributed by atoms with van der Waals surface area (Å²) in [5.41, 5.74) is 0.0919. The molecular formula is C17H22F3N3O4S. The van der Waals surface area contributed by atoms with E-state index in [9.17, 15) is 31.2 Å². The molecule has 0 radical (unpaired) electrons. The molecule has 2 amide bonds. The molecule has 2 N–H and O–H groups in total. The van der Waals surface area contributed by atoms with Crippen molar-refractivity contribution >= 4 is 21.8 Å². The van der Waals surface area contributed by atoms with Crippen LogP contribution in [-0.2, 0) is 14.8 Å². The smallest absolute Gasteiger partial charge is 0.345 e. The topological polar surface area (TPSA) is 95.6 Å². The van der Waals surface area contributed by atoms with Gasteiger partial charge in [0.15, 0.2) is 0 Å². The maximum atomic E-state index is 12.7. The lowest BCUT2D eigenvalue weighted by Gasteiger charge is -2.32. The van der Waals surface area contributed by atoms with Crippen molar-refractivity contribution in [2.45, 2.75) is 43.3 Å². The third-order valence-corrected chi connectivity index (χ3v) is 6.39. The predicted molar refractivity (Wildman–Crippen MR) is 95.0 cm³/mol. The first-order chi connectivity index (χ1) is 13.0. The number of hydrogen-bond acceptors (Lipinski definition) is 4. The Morgan fingerprint density at radius 3 is 2.36 bits per heavy atom. The molecule has 1 heterocycles. The lowest BCUT2D eigenvalue weighted by Crippen LogP contribution is -2.42. The van der Waals surface area contributed by atoms with Crippen LogP contribution >= 0.6 is 0 Å². The van der Waals surface area contributed by atoms with Crippen LogP contribution in [0.4, 0.5) is 13.2 Å². The standard InChI is InChI=1S/C17H22F3N3O4S/c1-12-4-2-3-9-23(12)28(26,27)14-7-5-13(6-8-14)16(25)21-10-15(24)22-11-17(18,19)20/h5-8,12H,2-4,9-11H2,1H3,(H,21,25)(H,22,24). The largest absolute Gasteiger partial charge is 0.405 e. The molecule has 28 heavy (non-hydrogen) atoms.